The molecular weight excluding hydrogens is 398 g/mol. The number of ether oxygens (including phenoxy) is 1. The molecule has 158 valence electrons. The van der Waals surface area contributed by atoms with Crippen molar-refractivity contribution >= 4 is 29.3 Å². The average molecular weight is 426 g/mol. The van der Waals surface area contributed by atoms with Gasteiger partial charge in [-0.05, 0) is 49.7 Å². The summed E-state index contributed by atoms with van der Waals surface area (Å²) < 4.78 is 5.66. The number of benzene rings is 2. The van der Waals surface area contributed by atoms with Gasteiger partial charge in [0.2, 0.25) is 0 Å². The van der Waals surface area contributed by atoms with Gasteiger partial charge in [-0.25, -0.2) is 0 Å². The van der Waals surface area contributed by atoms with Crippen molar-refractivity contribution in [3.63, 3.8) is 0 Å². The number of halogens is 1. The molecule has 2 aromatic rings. The van der Waals surface area contributed by atoms with Crippen LogP contribution in [0.3, 0.4) is 0 Å². The Hall–Kier alpha value is -2.50. The molecule has 0 bridgehead atoms. The minimum atomic E-state index is -0.0281. The number of fused-ring (bicyclic) bond motifs is 1. The van der Waals surface area contributed by atoms with Crippen LogP contribution in [0.2, 0.25) is 5.02 Å². The topological polar surface area (TPSA) is 44.8 Å². The molecule has 0 spiro atoms. The molecule has 5 nitrogen and oxygen atoms in total. The predicted octanol–water partition coefficient (Wildman–Crippen LogP) is 3.83. The van der Waals surface area contributed by atoms with E-state index >= 15 is 0 Å². The van der Waals surface area contributed by atoms with Crippen LogP contribution >= 0.6 is 11.6 Å². The summed E-state index contributed by atoms with van der Waals surface area (Å²) in [6.45, 7) is 6.25. The van der Waals surface area contributed by atoms with E-state index in [9.17, 15) is 4.79 Å². The number of carbonyl (C=O) groups is 1. The van der Waals surface area contributed by atoms with Crippen molar-refractivity contribution in [1.29, 1.82) is 0 Å². The molecule has 6 heteroatoms. The summed E-state index contributed by atoms with van der Waals surface area (Å²) in [7, 11) is 0. The second-order valence-electron chi connectivity index (χ2n) is 7.77. The minimum absolute atomic E-state index is 0.0281. The lowest BCUT2D eigenvalue weighted by Crippen LogP contribution is -2.46. The Kier molecular flexibility index (Phi) is 6.92. The van der Waals surface area contributed by atoms with Crippen LogP contribution in [-0.2, 0) is 4.79 Å². The lowest BCUT2D eigenvalue weighted by atomic mass is 10.1. The molecule has 1 N–H and O–H groups in total. The van der Waals surface area contributed by atoms with Crippen molar-refractivity contribution in [2.75, 3.05) is 50.8 Å². The highest BCUT2D eigenvalue weighted by Gasteiger charge is 2.18. The van der Waals surface area contributed by atoms with Crippen LogP contribution in [-0.4, -0.2) is 56.7 Å². The van der Waals surface area contributed by atoms with Crippen LogP contribution in [0.1, 0.15) is 18.4 Å². The predicted molar refractivity (Wildman–Crippen MR) is 122 cm³/mol. The Morgan fingerprint density at radius 2 is 1.87 bits per heavy atom. The molecule has 2 aromatic carbocycles. The summed E-state index contributed by atoms with van der Waals surface area (Å²) in [5.74, 6) is 0.809. The zero-order valence-electron chi connectivity index (χ0n) is 17.1. The molecule has 0 unspecified atom stereocenters. The maximum absolute atomic E-state index is 12.4. The molecule has 2 heterocycles. The van der Waals surface area contributed by atoms with E-state index in [1.54, 1.807) is 0 Å². The van der Waals surface area contributed by atoms with Crippen molar-refractivity contribution in [2.45, 2.75) is 12.8 Å². The maximum atomic E-state index is 12.4. The molecule has 0 radical (unpaired) electrons. The molecule has 1 amide bonds. The van der Waals surface area contributed by atoms with Gasteiger partial charge in [0.15, 0.2) is 0 Å². The largest absolute Gasteiger partial charge is 0.488 e. The first-order chi connectivity index (χ1) is 14.7. The fraction of sp³-hybridized carbons (Fsp3) is 0.375. The Morgan fingerprint density at radius 1 is 1.03 bits per heavy atom. The van der Waals surface area contributed by atoms with Crippen molar-refractivity contribution in [2.24, 2.45) is 0 Å². The Bertz CT molecular complexity index is 907. The molecule has 2 aliphatic heterocycles. The van der Waals surface area contributed by atoms with Gasteiger partial charge in [0.05, 0.1) is 5.57 Å². The lowest BCUT2D eigenvalue weighted by molar-refractivity contribution is -0.117. The van der Waals surface area contributed by atoms with Gasteiger partial charge in [0.1, 0.15) is 12.4 Å². The van der Waals surface area contributed by atoms with Crippen LogP contribution in [0, 0.1) is 0 Å². The minimum Gasteiger partial charge on any atom is -0.488 e. The number of hydrogen-bond donors (Lipinski definition) is 1. The van der Waals surface area contributed by atoms with Gasteiger partial charge in [-0.15, -0.1) is 0 Å². The number of nitrogens with one attached hydrogen (secondary N) is 1. The summed E-state index contributed by atoms with van der Waals surface area (Å²) in [5, 5.41) is 3.82. The number of amides is 1. The zero-order valence-corrected chi connectivity index (χ0v) is 17.9. The number of para-hydroxylation sites is 1. The Morgan fingerprint density at radius 3 is 2.70 bits per heavy atom. The molecule has 2 aliphatic rings. The van der Waals surface area contributed by atoms with Crippen LogP contribution in [0.4, 0.5) is 5.69 Å². The van der Waals surface area contributed by atoms with Gasteiger partial charge in [-0.3, -0.25) is 9.69 Å². The number of nitrogens with zero attached hydrogens (tertiary/aromatic N) is 2. The molecule has 1 fully saturated rings. The second kappa shape index (κ2) is 10.0. The number of hydrogen-bond acceptors (Lipinski definition) is 4. The van der Waals surface area contributed by atoms with Crippen molar-refractivity contribution in [3.8, 4) is 5.75 Å². The van der Waals surface area contributed by atoms with Gasteiger partial charge in [-0.2, -0.15) is 0 Å². The fourth-order valence-corrected chi connectivity index (χ4v) is 4.11. The molecule has 30 heavy (non-hydrogen) atoms. The van der Waals surface area contributed by atoms with Crippen molar-refractivity contribution in [3.05, 3.63) is 64.7 Å². The van der Waals surface area contributed by atoms with Crippen molar-refractivity contribution in [1.82, 2.24) is 10.2 Å². The second-order valence-corrected chi connectivity index (χ2v) is 8.20. The zero-order chi connectivity index (χ0) is 20.8. The molecule has 0 saturated carbocycles. The van der Waals surface area contributed by atoms with E-state index in [1.165, 1.54) is 5.69 Å². The van der Waals surface area contributed by atoms with E-state index in [2.05, 4.69) is 21.2 Å². The summed E-state index contributed by atoms with van der Waals surface area (Å²) in [6, 6.07) is 15.9. The van der Waals surface area contributed by atoms with E-state index in [0.29, 0.717) is 18.7 Å². The lowest BCUT2D eigenvalue weighted by Gasteiger charge is -2.36. The summed E-state index contributed by atoms with van der Waals surface area (Å²) >= 11 is 6.11. The third-order valence-corrected chi connectivity index (χ3v) is 5.89. The molecule has 0 aromatic heterocycles. The monoisotopic (exact) mass is 425 g/mol. The summed E-state index contributed by atoms with van der Waals surface area (Å²) in [6.07, 6.45) is 3.98. The third kappa shape index (κ3) is 5.35. The summed E-state index contributed by atoms with van der Waals surface area (Å²) in [5.41, 5.74) is 2.85. The first kappa shape index (κ1) is 20.8. The number of piperazine rings is 1. The fourth-order valence-electron chi connectivity index (χ4n) is 3.93. The Balaban J connectivity index is 1.13. The molecule has 1 saturated heterocycles. The average Bonchev–Trinajstić information content (AvgIpc) is 2.79. The maximum Gasteiger partial charge on any atom is 0.250 e. The van der Waals surface area contributed by atoms with E-state index in [0.717, 1.165) is 61.9 Å². The van der Waals surface area contributed by atoms with Gasteiger partial charge >= 0.3 is 0 Å². The highest BCUT2D eigenvalue weighted by Crippen LogP contribution is 2.25. The highest BCUT2D eigenvalue weighted by molar-refractivity contribution is 6.30. The smallest absolute Gasteiger partial charge is 0.250 e. The van der Waals surface area contributed by atoms with Crippen LogP contribution in [0.5, 0.6) is 5.75 Å². The molecular formula is C24H28ClN3O2. The van der Waals surface area contributed by atoms with Gasteiger partial charge in [0, 0.05) is 49.0 Å². The van der Waals surface area contributed by atoms with Gasteiger partial charge in [0.25, 0.3) is 5.91 Å². The number of anilines is 1. The normalized spacial score (nSPS) is 16.4. The van der Waals surface area contributed by atoms with E-state index in [-0.39, 0.29) is 5.91 Å². The quantitative estimate of drug-likeness (QED) is 0.685. The summed E-state index contributed by atoms with van der Waals surface area (Å²) in [4.78, 5) is 17.3. The number of unbranched alkanes of at least 4 members (excludes halogenated alkanes) is 1. The van der Waals surface area contributed by atoms with Crippen molar-refractivity contribution < 1.29 is 9.53 Å². The van der Waals surface area contributed by atoms with E-state index in [1.807, 2.05) is 48.5 Å². The highest BCUT2D eigenvalue weighted by atomic mass is 35.5. The van der Waals surface area contributed by atoms with E-state index < -0.39 is 0 Å². The first-order valence-corrected chi connectivity index (χ1v) is 11.0. The number of carbonyl (C=O) groups excluding carboxylic acids is 1. The first-order valence-electron chi connectivity index (χ1n) is 10.6. The third-order valence-electron chi connectivity index (χ3n) is 5.66. The SMILES string of the molecule is O=C(NCCCCN1CCN(c2cccc(Cl)c2)CC1)C1=Cc2ccccc2OC1. The number of rotatable bonds is 7. The van der Waals surface area contributed by atoms with E-state index in [4.69, 9.17) is 16.3 Å². The molecule has 0 aliphatic carbocycles. The Labute approximate surface area is 183 Å². The van der Waals surface area contributed by atoms with Crippen LogP contribution in [0.25, 0.3) is 6.08 Å². The molecule has 0 atom stereocenters. The van der Waals surface area contributed by atoms with Gasteiger partial charge < -0.3 is 15.0 Å². The van der Waals surface area contributed by atoms with Crippen LogP contribution in [0.15, 0.2) is 54.1 Å². The van der Waals surface area contributed by atoms with Gasteiger partial charge in [-0.1, -0.05) is 35.9 Å². The standard InChI is InChI=1S/C24H28ClN3O2/c25-21-7-5-8-22(17-21)28-14-12-27(13-15-28)11-4-3-10-26-24(29)20-16-19-6-1-2-9-23(19)30-18-20/h1-2,5-9,16-17H,3-4,10-15,18H2,(H,26,29). The van der Waals surface area contributed by atoms with Crippen LogP contribution < -0.4 is 15.0 Å². The molecule has 4 rings (SSSR count).